The molecule has 0 aliphatic carbocycles. The van der Waals surface area contributed by atoms with Gasteiger partial charge in [-0.2, -0.15) is 0 Å². The molecule has 0 fully saturated rings. The first kappa shape index (κ1) is 11.2. The fourth-order valence-electron chi connectivity index (χ4n) is 1.80. The van der Waals surface area contributed by atoms with Gasteiger partial charge < -0.3 is 19.9 Å². The molecule has 1 aliphatic rings. The van der Waals surface area contributed by atoms with E-state index in [1.54, 1.807) is 0 Å². The number of aliphatic hydroxyl groups excluding tert-OH is 1. The van der Waals surface area contributed by atoms with Crippen molar-refractivity contribution in [3.05, 3.63) is 23.8 Å². The number of rotatable bonds is 5. The predicted octanol–water partition coefficient (Wildman–Crippen LogP) is 0.928. The summed E-state index contributed by atoms with van der Waals surface area (Å²) >= 11 is 0. The fraction of sp³-hybridized carbons (Fsp3) is 0.500. The third kappa shape index (κ3) is 2.65. The van der Waals surface area contributed by atoms with Crippen LogP contribution in [0, 0.1) is 0 Å². The second-order valence-corrected chi connectivity index (χ2v) is 3.97. The van der Waals surface area contributed by atoms with Gasteiger partial charge in [-0.25, -0.2) is 0 Å². The van der Waals surface area contributed by atoms with E-state index in [0.29, 0.717) is 19.4 Å². The highest BCUT2D eigenvalue weighted by atomic mass is 16.7. The quantitative estimate of drug-likeness (QED) is 0.779. The summed E-state index contributed by atoms with van der Waals surface area (Å²) in [6, 6.07) is 6.34. The van der Waals surface area contributed by atoms with Crippen LogP contribution in [0.15, 0.2) is 18.2 Å². The molecule has 0 aromatic heterocycles. The van der Waals surface area contributed by atoms with E-state index in [4.69, 9.17) is 14.6 Å². The van der Waals surface area contributed by atoms with Gasteiger partial charge in [0.15, 0.2) is 11.5 Å². The molecule has 0 radical (unpaired) electrons. The summed E-state index contributed by atoms with van der Waals surface area (Å²) in [6.45, 7) is 3.22. The Labute approximate surface area is 95.2 Å². The van der Waals surface area contributed by atoms with Crippen molar-refractivity contribution in [1.82, 2.24) is 5.32 Å². The van der Waals surface area contributed by atoms with Crippen LogP contribution in [0.1, 0.15) is 12.5 Å². The summed E-state index contributed by atoms with van der Waals surface area (Å²) in [6.07, 6.45) is 0.913. The molecule has 2 N–H and O–H groups in total. The van der Waals surface area contributed by atoms with Crippen LogP contribution >= 0.6 is 0 Å². The first-order valence-corrected chi connectivity index (χ1v) is 5.52. The Balaban J connectivity index is 1.94. The van der Waals surface area contributed by atoms with Crippen molar-refractivity contribution in [2.45, 2.75) is 19.4 Å². The molecule has 1 aromatic carbocycles. The van der Waals surface area contributed by atoms with E-state index in [1.165, 1.54) is 5.56 Å². The van der Waals surface area contributed by atoms with Gasteiger partial charge in [0.2, 0.25) is 6.79 Å². The maximum absolute atomic E-state index is 8.71. The van der Waals surface area contributed by atoms with Crippen molar-refractivity contribution in [3.63, 3.8) is 0 Å². The number of nitrogens with one attached hydrogen (secondary N) is 1. The Morgan fingerprint density at radius 1 is 1.38 bits per heavy atom. The zero-order valence-electron chi connectivity index (χ0n) is 9.40. The predicted molar refractivity (Wildman–Crippen MR) is 60.8 cm³/mol. The molecule has 0 spiro atoms. The lowest BCUT2D eigenvalue weighted by atomic mass is 10.1. The van der Waals surface area contributed by atoms with Gasteiger partial charge in [-0.3, -0.25) is 0 Å². The standard InChI is InChI=1S/C12H17NO3/c1-9(13-4-5-14)6-10-2-3-11-12(7-10)16-8-15-11/h2-3,7,9,13-14H,4-6,8H2,1H3. The summed E-state index contributed by atoms with van der Waals surface area (Å²) in [5, 5.41) is 11.9. The Kier molecular flexibility index (Phi) is 3.64. The van der Waals surface area contributed by atoms with Gasteiger partial charge in [0.25, 0.3) is 0 Å². The maximum Gasteiger partial charge on any atom is 0.231 e. The highest BCUT2D eigenvalue weighted by molar-refractivity contribution is 5.44. The lowest BCUT2D eigenvalue weighted by Crippen LogP contribution is -2.30. The van der Waals surface area contributed by atoms with E-state index in [-0.39, 0.29) is 6.61 Å². The van der Waals surface area contributed by atoms with Gasteiger partial charge in [-0.1, -0.05) is 6.07 Å². The van der Waals surface area contributed by atoms with Crippen LogP contribution in [0.4, 0.5) is 0 Å². The number of hydrogen-bond donors (Lipinski definition) is 2. The zero-order chi connectivity index (χ0) is 11.4. The van der Waals surface area contributed by atoms with Crippen LogP contribution in [0.25, 0.3) is 0 Å². The fourth-order valence-corrected chi connectivity index (χ4v) is 1.80. The van der Waals surface area contributed by atoms with Crippen LogP contribution in [0.5, 0.6) is 11.5 Å². The van der Waals surface area contributed by atoms with E-state index in [1.807, 2.05) is 18.2 Å². The Morgan fingerprint density at radius 3 is 3.00 bits per heavy atom. The molecule has 0 saturated heterocycles. The highest BCUT2D eigenvalue weighted by Gasteiger charge is 2.13. The molecule has 88 valence electrons. The van der Waals surface area contributed by atoms with Crippen LogP contribution in [0.2, 0.25) is 0 Å². The second kappa shape index (κ2) is 5.18. The molecule has 16 heavy (non-hydrogen) atoms. The molecule has 0 amide bonds. The SMILES string of the molecule is CC(Cc1ccc2c(c1)OCO2)NCCO. The van der Waals surface area contributed by atoms with Gasteiger partial charge in [0, 0.05) is 12.6 Å². The summed E-state index contributed by atoms with van der Waals surface area (Å²) in [5.74, 6) is 1.64. The normalized spacial score (nSPS) is 15.1. The molecule has 1 unspecified atom stereocenters. The molecule has 0 bridgehead atoms. The van der Waals surface area contributed by atoms with Crippen molar-refractivity contribution in [2.24, 2.45) is 0 Å². The van der Waals surface area contributed by atoms with Gasteiger partial charge in [-0.05, 0) is 31.0 Å². The van der Waals surface area contributed by atoms with Gasteiger partial charge in [0.1, 0.15) is 0 Å². The molecule has 1 aromatic rings. The molecule has 1 atom stereocenters. The topological polar surface area (TPSA) is 50.7 Å². The average molecular weight is 223 g/mol. The van der Waals surface area contributed by atoms with E-state index >= 15 is 0 Å². The maximum atomic E-state index is 8.71. The summed E-state index contributed by atoms with van der Waals surface area (Å²) in [4.78, 5) is 0. The molecule has 0 saturated carbocycles. The lowest BCUT2D eigenvalue weighted by Gasteiger charge is -2.13. The van der Waals surface area contributed by atoms with Gasteiger partial charge in [0.05, 0.1) is 6.61 Å². The number of ether oxygens (including phenoxy) is 2. The summed E-state index contributed by atoms with van der Waals surface area (Å²) < 4.78 is 10.6. The van der Waals surface area contributed by atoms with Crippen LogP contribution in [-0.2, 0) is 6.42 Å². The molecule has 1 heterocycles. The Hall–Kier alpha value is -1.26. The van der Waals surface area contributed by atoms with Crippen molar-refractivity contribution in [2.75, 3.05) is 19.9 Å². The third-order valence-corrected chi connectivity index (χ3v) is 2.58. The van der Waals surface area contributed by atoms with Crippen LogP contribution in [0.3, 0.4) is 0 Å². The smallest absolute Gasteiger partial charge is 0.231 e. The average Bonchev–Trinajstić information content (AvgIpc) is 2.73. The van der Waals surface area contributed by atoms with E-state index in [0.717, 1.165) is 17.9 Å². The van der Waals surface area contributed by atoms with Crippen LogP contribution < -0.4 is 14.8 Å². The Morgan fingerprint density at radius 2 is 2.19 bits per heavy atom. The summed E-state index contributed by atoms with van der Waals surface area (Å²) in [7, 11) is 0. The minimum atomic E-state index is 0.172. The molecule has 2 rings (SSSR count). The first-order valence-electron chi connectivity index (χ1n) is 5.52. The molecular weight excluding hydrogens is 206 g/mol. The lowest BCUT2D eigenvalue weighted by molar-refractivity contribution is 0.174. The number of hydrogen-bond acceptors (Lipinski definition) is 4. The first-order chi connectivity index (χ1) is 7.79. The molecule has 4 nitrogen and oxygen atoms in total. The largest absolute Gasteiger partial charge is 0.454 e. The number of benzene rings is 1. The van der Waals surface area contributed by atoms with E-state index in [9.17, 15) is 0 Å². The third-order valence-electron chi connectivity index (χ3n) is 2.58. The number of fused-ring (bicyclic) bond motifs is 1. The Bertz CT molecular complexity index is 354. The van der Waals surface area contributed by atoms with Gasteiger partial charge >= 0.3 is 0 Å². The minimum Gasteiger partial charge on any atom is -0.454 e. The number of aliphatic hydroxyl groups is 1. The van der Waals surface area contributed by atoms with Crippen molar-refractivity contribution < 1.29 is 14.6 Å². The monoisotopic (exact) mass is 223 g/mol. The van der Waals surface area contributed by atoms with Crippen molar-refractivity contribution in [3.8, 4) is 11.5 Å². The zero-order valence-corrected chi connectivity index (χ0v) is 9.40. The second-order valence-electron chi connectivity index (χ2n) is 3.97. The van der Waals surface area contributed by atoms with Crippen molar-refractivity contribution in [1.29, 1.82) is 0 Å². The van der Waals surface area contributed by atoms with E-state index in [2.05, 4.69) is 12.2 Å². The summed E-state index contributed by atoms with van der Waals surface area (Å²) in [5.41, 5.74) is 1.21. The molecular formula is C12H17NO3. The minimum absolute atomic E-state index is 0.172. The van der Waals surface area contributed by atoms with Crippen molar-refractivity contribution >= 4 is 0 Å². The molecule has 4 heteroatoms. The highest BCUT2D eigenvalue weighted by Crippen LogP contribution is 2.32. The van der Waals surface area contributed by atoms with Gasteiger partial charge in [-0.15, -0.1) is 0 Å². The molecule has 1 aliphatic heterocycles. The van der Waals surface area contributed by atoms with E-state index < -0.39 is 0 Å². The van der Waals surface area contributed by atoms with Crippen LogP contribution in [-0.4, -0.2) is 31.1 Å².